The molecule has 1 atom stereocenters. The molecule has 2 N–H and O–H groups in total. The van der Waals surface area contributed by atoms with Gasteiger partial charge in [-0.05, 0) is 54.1 Å². The SMILES string of the molecule is CCNC(=O)c1cccc(NC(=O)CN2CCc3sccc3C2c2ccccc2)c1. The van der Waals surface area contributed by atoms with Crippen LogP contribution in [-0.2, 0) is 11.2 Å². The van der Waals surface area contributed by atoms with Gasteiger partial charge in [0.25, 0.3) is 5.91 Å². The molecule has 1 aromatic heterocycles. The molecule has 154 valence electrons. The second-order valence-electron chi connectivity index (χ2n) is 7.32. The number of carbonyl (C=O) groups excluding carboxylic acids is 2. The van der Waals surface area contributed by atoms with Crippen molar-refractivity contribution < 1.29 is 9.59 Å². The third-order valence-corrected chi connectivity index (χ3v) is 6.27. The number of nitrogens with one attached hydrogen (secondary N) is 2. The Morgan fingerprint density at radius 2 is 1.93 bits per heavy atom. The average Bonchev–Trinajstić information content (AvgIpc) is 3.23. The van der Waals surface area contributed by atoms with Gasteiger partial charge >= 0.3 is 0 Å². The van der Waals surface area contributed by atoms with Crippen LogP contribution in [0.2, 0.25) is 0 Å². The third kappa shape index (κ3) is 4.45. The summed E-state index contributed by atoms with van der Waals surface area (Å²) in [6.07, 6.45) is 0.955. The predicted molar refractivity (Wildman–Crippen MR) is 121 cm³/mol. The molecule has 0 aliphatic carbocycles. The molecule has 2 amide bonds. The molecular weight excluding hydrogens is 394 g/mol. The summed E-state index contributed by atoms with van der Waals surface area (Å²) in [6.45, 7) is 3.57. The van der Waals surface area contributed by atoms with E-state index in [0.29, 0.717) is 24.3 Å². The van der Waals surface area contributed by atoms with Gasteiger partial charge in [0.2, 0.25) is 5.91 Å². The van der Waals surface area contributed by atoms with Crippen LogP contribution in [0.3, 0.4) is 0 Å². The highest BCUT2D eigenvalue weighted by Gasteiger charge is 2.30. The molecule has 1 unspecified atom stereocenters. The first kappa shape index (κ1) is 20.3. The fraction of sp³-hybridized carbons (Fsp3) is 0.250. The number of nitrogens with zero attached hydrogens (tertiary/aromatic N) is 1. The van der Waals surface area contributed by atoms with E-state index < -0.39 is 0 Å². The monoisotopic (exact) mass is 419 g/mol. The molecule has 0 saturated carbocycles. The Bertz CT molecular complexity index is 1030. The topological polar surface area (TPSA) is 61.4 Å². The highest BCUT2D eigenvalue weighted by Crippen LogP contribution is 2.37. The van der Waals surface area contributed by atoms with Crippen LogP contribution in [0.5, 0.6) is 0 Å². The summed E-state index contributed by atoms with van der Waals surface area (Å²) in [6, 6.07) is 19.6. The molecule has 1 aliphatic rings. The molecule has 0 fully saturated rings. The predicted octanol–water partition coefficient (Wildman–Crippen LogP) is 4.08. The van der Waals surface area contributed by atoms with E-state index in [4.69, 9.17) is 0 Å². The molecule has 30 heavy (non-hydrogen) atoms. The van der Waals surface area contributed by atoms with Crippen LogP contribution >= 0.6 is 11.3 Å². The van der Waals surface area contributed by atoms with Gasteiger partial charge in [0.1, 0.15) is 0 Å². The third-order valence-electron chi connectivity index (χ3n) is 5.27. The zero-order valence-corrected chi connectivity index (χ0v) is 17.7. The summed E-state index contributed by atoms with van der Waals surface area (Å²) in [7, 11) is 0. The Labute approximate surface area is 180 Å². The van der Waals surface area contributed by atoms with E-state index in [1.807, 2.05) is 31.2 Å². The van der Waals surface area contributed by atoms with Crippen molar-refractivity contribution in [2.24, 2.45) is 0 Å². The summed E-state index contributed by atoms with van der Waals surface area (Å²) in [4.78, 5) is 28.6. The fourth-order valence-electron chi connectivity index (χ4n) is 3.95. The Morgan fingerprint density at radius 3 is 2.73 bits per heavy atom. The minimum absolute atomic E-state index is 0.0774. The Balaban J connectivity index is 1.50. The largest absolute Gasteiger partial charge is 0.352 e. The number of amides is 2. The van der Waals surface area contributed by atoms with Crippen LogP contribution in [0.15, 0.2) is 66.0 Å². The maximum absolute atomic E-state index is 12.9. The van der Waals surface area contributed by atoms with Crippen molar-refractivity contribution in [2.75, 3.05) is 25.0 Å². The number of anilines is 1. The van der Waals surface area contributed by atoms with Gasteiger partial charge in [0, 0.05) is 29.2 Å². The van der Waals surface area contributed by atoms with Crippen LogP contribution in [0.25, 0.3) is 0 Å². The molecule has 3 aromatic rings. The smallest absolute Gasteiger partial charge is 0.251 e. The van der Waals surface area contributed by atoms with Gasteiger partial charge in [-0.15, -0.1) is 11.3 Å². The van der Waals surface area contributed by atoms with Crippen molar-refractivity contribution in [3.05, 3.63) is 87.6 Å². The lowest BCUT2D eigenvalue weighted by atomic mass is 9.93. The molecule has 5 nitrogen and oxygen atoms in total. The van der Waals surface area contributed by atoms with Gasteiger partial charge in [0.05, 0.1) is 12.6 Å². The first-order chi connectivity index (χ1) is 14.7. The summed E-state index contributed by atoms with van der Waals surface area (Å²) >= 11 is 1.79. The zero-order valence-electron chi connectivity index (χ0n) is 16.9. The maximum atomic E-state index is 12.9. The Hall–Kier alpha value is -2.96. The van der Waals surface area contributed by atoms with E-state index in [1.54, 1.807) is 29.5 Å². The van der Waals surface area contributed by atoms with Gasteiger partial charge in [-0.1, -0.05) is 36.4 Å². The molecule has 0 saturated heterocycles. The van der Waals surface area contributed by atoms with Gasteiger partial charge in [0.15, 0.2) is 0 Å². The van der Waals surface area contributed by atoms with E-state index in [2.05, 4.69) is 39.1 Å². The van der Waals surface area contributed by atoms with Crippen molar-refractivity contribution in [1.82, 2.24) is 10.2 Å². The molecular formula is C24H25N3O2S. The molecule has 2 aromatic carbocycles. The van der Waals surface area contributed by atoms with E-state index in [1.165, 1.54) is 16.0 Å². The first-order valence-corrected chi connectivity index (χ1v) is 11.1. The van der Waals surface area contributed by atoms with Crippen molar-refractivity contribution in [2.45, 2.75) is 19.4 Å². The Morgan fingerprint density at radius 1 is 1.10 bits per heavy atom. The maximum Gasteiger partial charge on any atom is 0.251 e. The second-order valence-corrected chi connectivity index (χ2v) is 8.32. The van der Waals surface area contributed by atoms with Crippen molar-refractivity contribution in [3.63, 3.8) is 0 Å². The molecule has 6 heteroatoms. The van der Waals surface area contributed by atoms with Crippen molar-refractivity contribution >= 4 is 28.8 Å². The summed E-state index contributed by atoms with van der Waals surface area (Å²) in [5.74, 6) is -0.221. The van der Waals surface area contributed by atoms with Crippen LogP contribution < -0.4 is 10.6 Å². The molecule has 0 spiro atoms. The van der Waals surface area contributed by atoms with Crippen LogP contribution in [-0.4, -0.2) is 36.3 Å². The molecule has 2 heterocycles. The lowest BCUT2D eigenvalue weighted by molar-refractivity contribution is -0.117. The average molecular weight is 420 g/mol. The lowest BCUT2D eigenvalue weighted by Crippen LogP contribution is -2.40. The number of benzene rings is 2. The highest BCUT2D eigenvalue weighted by molar-refractivity contribution is 7.10. The van der Waals surface area contributed by atoms with E-state index >= 15 is 0 Å². The second kappa shape index (κ2) is 9.24. The Kier molecular flexibility index (Phi) is 6.26. The molecule has 0 bridgehead atoms. The van der Waals surface area contributed by atoms with Crippen molar-refractivity contribution in [1.29, 1.82) is 0 Å². The zero-order chi connectivity index (χ0) is 20.9. The number of carbonyl (C=O) groups is 2. The molecule has 4 rings (SSSR count). The molecule has 0 radical (unpaired) electrons. The van der Waals surface area contributed by atoms with E-state index in [0.717, 1.165) is 13.0 Å². The first-order valence-electron chi connectivity index (χ1n) is 10.2. The normalized spacial score (nSPS) is 16.0. The van der Waals surface area contributed by atoms with Gasteiger partial charge < -0.3 is 10.6 Å². The lowest BCUT2D eigenvalue weighted by Gasteiger charge is -2.35. The van der Waals surface area contributed by atoms with Crippen molar-refractivity contribution in [3.8, 4) is 0 Å². The highest BCUT2D eigenvalue weighted by atomic mass is 32.1. The van der Waals surface area contributed by atoms with Gasteiger partial charge in [-0.25, -0.2) is 0 Å². The van der Waals surface area contributed by atoms with Crippen LogP contribution in [0.1, 0.15) is 39.3 Å². The quantitative estimate of drug-likeness (QED) is 0.633. The minimum Gasteiger partial charge on any atom is -0.352 e. The van der Waals surface area contributed by atoms with E-state index in [9.17, 15) is 9.59 Å². The van der Waals surface area contributed by atoms with E-state index in [-0.39, 0.29) is 17.9 Å². The number of rotatable bonds is 6. The molecule has 1 aliphatic heterocycles. The summed E-state index contributed by atoms with van der Waals surface area (Å²) < 4.78 is 0. The number of fused-ring (bicyclic) bond motifs is 1. The standard InChI is InChI=1S/C24H25N3O2S/c1-2-25-24(29)18-9-6-10-19(15-18)26-22(28)16-27-13-11-21-20(12-14-30-21)23(27)17-7-4-3-5-8-17/h3-10,12,14-15,23H,2,11,13,16H2,1H3,(H,25,29)(H,26,28). The van der Waals surface area contributed by atoms with Crippen LogP contribution in [0.4, 0.5) is 5.69 Å². The van der Waals surface area contributed by atoms with Crippen LogP contribution in [0, 0.1) is 0 Å². The number of hydrogen-bond donors (Lipinski definition) is 2. The van der Waals surface area contributed by atoms with Gasteiger partial charge in [-0.2, -0.15) is 0 Å². The summed E-state index contributed by atoms with van der Waals surface area (Å²) in [5, 5.41) is 7.87. The minimum atomic E-state index is -0.140. The summed E-state index contributed by atoms with van der Waals surface area (Å²) in [5.41, 5.74) is 3.66. The van der Waals surface area contributed by atoms with Gasteiger partial charge in [-0.3, -0.25) is 14.5 Å². The number of hydrogen-bond acceptors (Lipinski definition) is 4. The fourth-order valence-corrected chi connectivity index (χ4v) is 4.85. The number of thiophene rings is 1.